The smallest absolute Gasteiger partial charge is 0.152 e. The lowest BCUT2D eigenvalue weighted by molar-refractivity contribution is 0.476. The summed E-state index contributed by atoms with van der Waals surface area (Å²) in [5.74, 6) is -1.24. The maximum atomic E-state index is 13.4. The maximum Gasteiger partial charge on any atom is 0.152 e. The first-order chi connectivity index (χ1) is 8.97. The predicted octanol–water partition coefficient (Wildman–Crippen LogP) is 4.59. The SMILES string of the molecule is Oc1c(Cl)cc(NCc2cc(F)ccc2F)cc1Cl. The van der Waals surface area contributed by atoms with Gasteiger partial charge >= 0.3 is 0 Å². The van der Waals surface area contributed by atoms with Crippen molar-refractivity contribution in [2.45, 2.75) is 6.54 Å². The predicted molar refractivity (Wildman–Crippen MR) is 71.8 cm³/mol. The van der Waals surface area contributed by atoms with E-state index in [2.05, 4.69) is 5.32 Å². The van der Waals surface area contributed by atoms with Gasteiger partial charge in [0.2, 0.25) is 0 Å². The molecule has 0 amide bonds. The van der Waals surface area contributed by atoms with Crippen molar-refractivity contribution in [2.75, 3.05) is 5.32 Å². The van der Waals surface area contributed by atoms with Gasteiger partial charge < -0.3 is 10.4 Å². The maximum absolute atomic E-state index is 13.4. The lowest BCUT2D eigenvalue weighted by Gasteiger charge is -2.09. The van der Waals surface area contributed by atoms with Crippen LogP contribution in [0.4, 0.5) is 14.5 Å². The first-order valence-corrected chi connectivity index (χ1v) is 6.09. The average molecular weight is 304 g/mol. The molecule has 0 heterocycles. The molecule has 0 aliphatic rings. The molecule has 0 radical (unpaired) electrons. The Kier molecular flexibility index (Phi) is 4.12. The van der Waals surface area contributed by atoms with Crippen LogP contribution in [-0.4, -0.2) is 5.11 Å². The summed E-state index contributed by atoms with van der Waals surface area (Å²) in [6.45, 7) is 0.0705. The van der Waals surface area contributed by atoms with Crippen molar-refractivity contribution in [3.05, 3.63) is 57.6 Å². The topological polar surface area (TPSA) is 32.3 Å². The van der Waals surface area contributed by atoms with E-state index < -0.39 is 11.6 Å². The summed E-state index contributed by atoms with van der Waals surface area (Å²) in [5, 5.41) is 12.4. The highest BCUT2D eigenvalue weighted by Gasteiger charge is 2.08. The van der Waals surface area contributed by atoms with Gasteiger partial charge in [0.05, 0.1) is 10.0 Å². The Labute approximate surface area is 118 Å². The van der Waals surface area contributed by atoms with E-state index in [0.29, 0.717) is 5.69 Å². The Morgan fingerprint density at radius 3 is 2.32 bits per heavy atom. The van der Waals surface area contributed by atoms with Crippen molar-refractivity contribution in [3.8, 4) is 5.75 Å². The monoisotopic (exact) mass is 303 g/mol. The summed E-state index contributed by atoms with van der Waals surface area (Å²) in [4.78, 5) is 0. The van der Waals surface area contributed by atoms with E-state index in [4.69, 9.17) is 23.2 Å². The van der Waals surface area contributed by atoms with E-state index in [-0.39, 0.29) is 27.9 Å². The highest BCUT2D eigenvalue weighted by Crippen LogP contribution is 2.34. The van der Waals surface area contributed by atoms with Gasteiger partial charge in [0.1, 0.15) is 11.6 Å². The van der Waals surface area contributed by atoms with Crippen LogP contribution >= 0.6 is 23.2 Å². The molecule has 0 unspecified atom stereocenters. The van der Waals surface area contributed by atoms with Gasteiger partial charge in [-0.2, -0.15) is 0 Å². The summed E-state index contributed by atoms with van der Waals surface area (Å²) >= 11 is 11.5. The second-order valence-corrected chi connectivity index (χ2v) is 4.69. The molecule has 2 N–H and O–H groups in total. The Balaban J connectivity index is 2.17. The molecular weight excluding hydrogens is 295 g/mol. The van der Waals surface area contributed by atoms with E-state index in [1.165, 1.54) is 12.1 Å². The van der Waals surface area contributed by atoms with Crippen LogP contribution in [0.1, 0.15) is 5.56 Å². The Morgan fingerprint density at radius 1 is 1.05 bits per heavy atom. The van der Waals surface area contributed by atoms with Gasteiger partial charge in [0.15, 0.2) is 5.75 Å². The second-order valence-electron chi connectivity index (χ2n) is 3.88. The molecule has 2 aromatic rings. The van der Waals surface area contributed by atoms with Crippen molar-refractivity contribution in [2.24, 2.45) is 0 Å². The standard InChI is InChI=1S/C13H9Cl2F2NO/c14-10-4-9(5-11(15)13(10)19)18-6-7-3-8(16)1-2-12(7)17/h1-5,18-19H,6H2. The van der Waals surface area contributed by atoms with Crippen LogP contribution in [0, 0.1) is 11.6 Å². The van der Waals surface area contributed by atoms with Crippen molar-refractivity contribution in [1.82, 2.24) is 0 Å². The number of phenolic OH excluding ortho intramolecular Hbond substituents is 1. The molecule has 6 heteroatoms. The van der Waals surface area contributed by atoms with Crippen LogP contribution in [0.25, 0.3) is 0 Å². The zero-order valence-corrected chi connectivity index (χ0v) is 11.1. The fourth-order valence-corrected chi connectivity index (χ4v) is 2.03. The number of benzene rings is 2. The highest BCUT2D eigenvalue weighted by atomic mass is 35.5. The average Bonchev–Trinajstić information content (AvgIpc) is 2.37. The quantitative estimate of drug-likeness (QED) is 0.813. The molecule has 0 aliphatic heterocycles. The molecule has 19 heavy (non-hydrogen) atoms. The molecule has 0 aliphatic carbocycles. The first-order valence-electron chi connectivity index (χ1n) is 5.33. The number of halogens is 4. The Morgan fingerprint density at radius 2 is 1.68 bits per heavy atom. The molecule has 2 rings (SSSR count). The number of rotatable bonds is 3. The molecule has 2 nitrogen and oxygen atoms in total. The van der Waals surface area contributed by atoms with Crippen LogP contribution in [0.5, 0.6) is 5.75 Å². The third kappa shape index (κ3) is 3.28. The molecule has 2 aromatic carbocycles. The Hall–Kier alpha value is -1.52. The van der Waals surface area contributed by atoms with E-state index in [1.54, 1.807) is 0 Å². The van der Waals surface area contributed by atoms with Gasteiger partial charge in [-0.15, -0.1) is 0 Å². The van der Waals surface area contributed by atoms with Crippen LogP contribution in [0.3, 0.4) is 0 Å². The zero-order valence-electron chi connectivity index (χ0n) is 9.55. The normalized spacial score (nSPS) is 10.5. The molecule has 0 bridgehead atoms. The number of anilines is 1. The second kappa shape index (κ2) is 5.63. The number of aromatic hydroxyl groups is 1. The third-order valence-corrected chi connectivity index (χ3v) is 3.08. The van der Waals surface area contributed by atoms with Crippen LogP contribution < -0.4 is 5.32 Å². The van der Waals surface area contributed by atoms with Crippen LogP contribution in [0.15, 0.2) is 30.3 Å². The molecular formula is C13H9Cl2F2NO. The lowest BCUT2D eigenvalue weighted by atomic mass is 10.2. The van der Waals surface area contributed by atoms with Crippen LogP contribution in [-0.2, 0) is 6.54 Å². The highest BCUT2D eigenvalue weighted by molar-refractivity contribution is 6.37. The van der Waals surface area contributed by atoms with Gasteiger partial charge in [0, 0.05) is 17.8 Å². The van der Waals surface area contributed by atoms with Crippen molar-refractivity contribution < 1.29 is 13.9 Å². The molecule has 0 saturated heterocycles. The first kappa shape index (κ1) is 13.9. The summed E-state index contributed by atoms with van der Waals surface area (Å²) in [7, 11) is 0. The van der Waals surface area contributed by atoms with E-state index in [0.717, 1.165) is 18.2 Å². The minimum atomic E-state index is -0.514. The summed E-state index contributed by atoms with van der Waals surface area (Å²) in [6, 6.07) is 6.10. The molecule has 0 saturated carbocycles. The van der Waals surface area contributed by atoms with Crippen molar-refractivity contribution >= 4 is 28.9 Å². The van der Waals surface area contributed by atoms with Gasteiger partial charge in [-0.1, -0.05) is 23.2 Å². The van der Waals surface area contributed by atoms with Gasteiger partial charge in [0.25, 0.3) is 0 Å². The summed E-state index contributed by atoms with van der Waals surface area (Å²) in [5.41, 5.74) is 0.678. The minimum absolute atomic E-state index is 0.0705. The van der Waals surface area contributed by atoms with E-state index in [1.807, 2.05) is 0 Å². The molecule has 0 aromatic heterocycles. The van der Waals surface area contributed by atoms with Gasteiger partial charge in [-0.3, -0.25) is 0 Å². The molecule has 100 valence electrons. The van der Waals surface area contributed by atoms with E-state index in [9.17, 15) is 13.9 Å². The van der Waals surface area contributed by atoms with Gasteiger partial charge in [-0.05, 0) is 30.3 Å². The molecule has 0 fully saturated rings. The van der Waals surface area contributed by atoms with E-state index >= 15 is 0 Å². The van der Waals surface area contributed by atoms with Crippen molar-refractivity contribution in [3.63, 3.8) is 0 Å². The molecule has 0 atom stereocenters. The number of hydrogen-bond acceptors (Lipinski definition) is 2. The Bertz CT molecular complexity index is 597. The number of nitrogens with one attached hydrogen (secondary N) is 1. The third-order valence-electron chi connectivity index (χ3n) is 2.51. The summed E-state index contributed by atoms with van der Waals surface area (Å²) < 4.78 is 26.4. The van der Waals surface area contributed by atoms with Crippen LogP contribution in [0.2, 0.25) is 10.0 Å². The number of phenols is 1. The zero-order chi connectivity index (χ0) is 14.0. The largest absolute Gasteiger partial charge is 0.505 e. The minimum Gasteiger partial charge on any atom is -0.505 e. The molecule has 0 spiro atoms. The van der Waals surface area contributed by atoms with Gasteiger partial charge in [-0.25, -0.2) is 8.78 Å². The number of hydrogen-bond donors (Lipinski definition) is 2. The fraction of sp³-hybridized carbons (Fsp3) is 0.0769. The van der Waals surface area contributed by atoms with Crippen molar-refractivity contribution in [1.29, 1.82) is 0 Å². The summed E-state index contributed by atoms with van der Waals surface area (Å²) in [6.07, 6.45) is 0. The lowest BCUT2D eigenvalue weighted by Crippen LogP contribution is -2.02. The fourth-order valence-electron chi connectivity index (χ4n) is 1.54.